The van der Waals surface area contributed by atoms with Gasteiger partial charge in [-0.3, -0.25) is 9.59 Å². The van der Waals surface area contributed by atoms with Gasteiger partial charge < -0.3 is 9.80 Å². The summed E-state index contributed by atoms with van der Waals surface area (Å²) in [5.74, 6) is 0.0751. The van der Waals surface area contributed by atoms with Crippen LogP contribution in [-0.2, 0) is 11.0 Å². The van der Waals surface area contributed by atoms with Crippen molar-refractivity contribution < 1.29 is 22.8 Å². The Labute approximate surface area is 163 Å². The number of amides is 2. The molecule has 1 aliphatic heterocycles. The SMILES string of the molecule is CN(CCN1C(=O)CS[C@H]1c1ccc(C(F)(F)F)cc1)C(=O)c1cccs1. The van der Waals surface area contributed by atoms with E-state index in [1.54, 1.807) is 29.0 Å². The van der Waals surface area contributed by atoms with E-state index in [9.17, 15) is 22.8 Å². The first-order valence-corrected chi connectivity index (χ1v) is 10.1. The van der Waals surface area contributed by atoms with Gasteiger partial charge in [0.2, 0.25) is 5.91 Å². The molecule has 0 spiro atoms. The largest absolute Gasteiger partial charge is 0.416 e. The van der Waals surface area contributed by atoms with E-state index >= 15 is 0 Å². The van der Waals surface area contributed by atoms with Crippen LogP contribution in [0.3, 0.4) is 0 Å². The first-order valence-electron chi connectivity index (χ1n) is 8.14. The number of halogens is 3. The highest BCUT2D eigenvalue weighted by Crippen LogP contribution is 2.39. The number of thiophene rings is 1. The summed E-state index contributed by atoms with van der Waals surface area (Å²) in [6.07, 6.45) is -4.39. The van der Waals surface area contributed by atoms with Crippen LogP contribution >= 0.6 is 23.1 Å². The van der Waals surface area contributed by atoms with Crippen molar-refractivity contribution >= 4 is 34.9 Å². The van der Waals surface area contributed by atoms with Crippen LogP contribution in [0, 0.1) is 0 Å². The van der Waals surface area contributed by atoms with Gasteiger partial charge in [0.05, 0.1) is 16.2 Å². The van der Waals surface area contributed by atoms with Crippen LogP contribution in [0.1, 0.15) is 26.2 Å². The van der Waals surface area contributed by atoms with Crippen molar-refractivity contribution in [3.8, 4) is 0 Å². The quantitative estimate of drug-likeness (QED) is 0.739. The average Bonchev–Trinajstić information content (AvgIpc) is 3.28. The predicted molar refractivity (Wildman–Crippen MR) is 99.6 cm³/mol. The van der Waals surface area contributed by atoms with Gasteiger partial charge in [-0.1, -0.05) is 18.2 Å². The Bertz CT molecular complexity index is 807. The van der Waals surface area contributed by atoms with Crippen molar-refractivity contribution in [1.82, 2.24) is 9.80 Å². The summed E-state index contributed by atoms with van der Waals surface area (Å²) in [6, 6.07) is 8.42. The summed E-state index contributed by atoms with van der Waals surface area (Å²) in [5, 5.41) is 1.48. The van der Waals surface area contributed by atoms with Gasteiger partial charge in [0.1, 0.15) is 5.37 Å². The molecule has 1 saturated heterocycles. The van der Waals surface area contributed by atoms with Gasteiger partial charge in [-0.25, -0.2) is 0 Å². The first-order chi connectivity index (χ1) is 12.8. The fraction of sp³-hybridized carbons (Fsp3) is 0.333. The van der Waals surface area contributed by atoms with Gasteiger partial charge in [-0.15, -0.1) is 23.1 Å². The van der Waals surface area contributed by atoms with E-state index in [1.165, 1.54) is 35.2 Å². The molecule has 0 N–H and O–H groups in total. The second-order valence-electron chi connectivity index (χ2n) is 6.07. The number of benzene rings is 1. The molecule has 27 heavy (non-hydrogen) atoms. The van der Waals surface area contributed by atoms with E-state index in [1.807, 2.05) is 5.38 Å². The maximum Gasteiger partial charge on any atom is 0.416 e. The van der Waals surface area contributed by atoms with Crippen LogP contribution in [0.5, 0.6) is 0 Å². The van der Waals surface area contributed by atoms with Gasteiger partial charge >= 0.3 is 6.18 Å². The maximum atomic E-state index is 12.7. The molecule has 144 valence electrons. The monoisotopic (exact) mass is 414 g/mol. The molecule has 2 aromatic rings. The molecule has 4 nitrogen and oxygen atoms in total. The standard InChI is InChI=1S/C18H17F3N2O2S2/c1-22(16(25)14-3-2-10-26-14)8-9-23-15(24)11-27-17(23)12-4-6-13(7-5-12)18(19,20)21/h2-7,10,17H,8-9,11H2,1H3/t17-/m0/s1. The molecular weight excluding hydrogens is 397 g/mol. The van der Waals surface area contributed by atoms with E-state index in [2.05, 4.69) is 0 Å². The molecule has 1 aliphatic rings. The van der Waals surface area contributed by atoms with Gasteiger partial charge in [-0.2, -0.15) is 13.2 Å². The van der Waals surface area contributed by atoms with Crippen LogP contribution in [0.2, 0.25) is 0 Å². The molecule has 0 unspecified atom stereocenters. The summed E-state index contributed by atoms with van der Waals surface area (Å²) >= 11 is 2.73. The highest BCUT2D eigenvalue weighted by atomic mass is 32.2. The Kier molecular flexibility index (Phi) is 5.81. The lowest BCUT2D eigenvalue weighted by molar-refractivity contribution is -0.137. The van der Waals surface area contributed by atoms with E-state index < -0.39 is 11.7 Å². The number of hydrogen-bond donors (Lipinski definition) is 0. The third-order valence-corrected chi connectivity index (χ3v) is 6.36. The summed E-state index contributed by atoms with van der Waals surface area (Å²) in [5.41, 5.74) is -0.0699. The van der Waals surface area contributed by atoms with E-state index in [4.69, 9.17) is 0 Å². The predicted octanol–water partition coefficient (Wildman–Crippen LogP) is 4.11. The zero-order valence-electron chi connectivity index (χ0n) is 14.4. The maximum absolute atomic E-state index is 12.7. The van der Waals surface area contributed by atoms with Crippen LogP contribution in [0.25, 0.3) is 0 Å². The summed E-state index contributed by atoms with van der Waals surface area (Å²) in [7, 11) is 1.67. The molecule has 0 radical (unpaired) electrons. The number of alkyl halides is 3. The summed E-state index contributed by atoms with van der Waals surface area (Å²) in [4.78, 5) is 28.3. The molecule has 1 fully saturated rings. The summed E-state index contributed by atoms with van der Waals surface area (Å²) in [6.45, 7) is 0.672. The van der Waals surface area contributed by atoms with Gasteiger partial charge in [-0.05, 0) is 29.1 Å². The highest BCUT2D eigenvalue weighted by molar-refractivity contribution is 8.00. The number of rotatable bonds is 5. The lowest BCUT2D eigenvalue weighted by atomic mass is 10.1. The minimum absolute atomic E-state index is 0.0816. The van der Waals surface area contributed by atoms with Crippen molar-refractivity contribution in [2.75, 3.05) is 25.9 Å². The Morgan fingerprint density at radius 1 is 1.26 bits per heavy atom. The topological polar surface area (TPSA) is 40.6 Å². The molecule has 0 saturated carbocycles. The van der Waals surface area contributed by atoms with Crippen LogP contribution in [-0.4, -0.2) is 47.5 Å². The second kappa shape index (κ2) is 7.93. The third-order valence-electron chi connectivity index (χ3n) is 4.25. The Morgan fingerprint density at radius 2 is 1.96 bits per heavy atom. The number of carbonyl (C=O) groups is 2. The van der Waals surface area contributed by atoms with E-state index in [-0.39, 0.29) is 22.9 Å². The van der Waals surface area contributed by atoms with Gasteiger partial charge in [0, 0.05) is 20.1 Å². The molecule has 0 aliphatic carbocycles. The number of hydrogen-bond acceptors (Lipinski definition) is 4. The number of thioether (sulfide) groups is 1. The smallest absolute Gasteiger partial charge is 0.339 e. The number of carbonyl (C=O) groups excluding carboxylic acids is 2. The second-order valence-corrected chi connectivity index (χ2v) is 8.09. The molecule has 1 aromatic carbocycles. The third kappa shape index (κ3) is 4.47. The zero-order chi connectivity index (χ0) is 19.6. The molecule has 3 rings (SSSR count). The Morgan fingerprint density at radius 3 is 2.56 bits per heavy atom. The average molecular weight is 414 g/mol. The highest BCUT2D eigenvalue weighted by Gasteiger charge is 2.34. The summed E-state index contributed by atoms with van der Waals surface area (Å²) < 4.78 is 38.2. The van der Waals surface area contributed by atoms with E-state index in [0.717, 1.165) is 12.1 Å². The minimum Gasteiger partial charge on any atom is -0.339 e. The Hall–Kier alpha value is -2.00. The van der Waals surface area contributed by atoms with Crippen molar-refractivity contribution in [1.29, 1.82) is 0 Å². The van der Waals surface area contributed by atoms with Crippen LogP contribution in [0.15, 0.2) is 41.8 Å². The molecule has 9 heteroatoms. The fourth-order valence-electron chi connectivity index (χ4n) is 2.76. The molecule has 0 bridgehead atoms. The molecule has 2 amide bonds. The van der Waals surface area contributed by atoms with E-state index in [0.29, 0.717) is 23.5 Å². The van der Waals surface area contributed by atoms with Crippen molar-refractivity contribution in [2.45, 2.75) is 11.6 Å². The molecule has 2 heterocycles. The van der Waals surface area contributed by atoms with Gasteiger partial charge in [0.15, 0.2) is 0 Å². The molecular formula is C18H17F3N2O2S2. The normalized spacial score (nSPS) is 17.4. The lowest BCUT2D eigenvalue weighted by Gasteiger charge is -2.27. The van der Waals surface area contributed by atoms with Crippen molar-refractivity contribution in [3.63, 3.8) is 0 Å². The zero-order valence-corrected chi connectivity index (χ0v) is 16.0. The fourth-order valence-corrected chi connectivity index (χ4v) is 4.69. The number of likely N-dealkylation sites (N-methyl/N-ethyl adjacent to an activating group) is 1. The first kappa shape index (κ1) is 19.8. The van der Waals surface area contributed by atoms with Crippen LogP contribution < -0.4 is 0 Å². The van der Waals surface area contributed by atoms with Gasteiger partial charge in [0.25, 0.3) is 5.91 Å². The van der Waals surface area contributed by atoms with Crippen LogP contribution in [0.4, 0.5) is 13.2 Å². The minimum atomic E-state index is -4.39. The molecule has 1 atom stereocenters. The lowest BCUT2D eigenvalue weighted by Crippen LogP contribution is -2.38. The van der Waals surface area contributed by atoms with Crippen molar-refractivity contribution in [2.24, 2.45) is 0 Å². The van der Waals surface area contributed by atoms with Crippen molar-refractivity contribution in [3.05, 3.63) is 57.8 Å². The number of nitrogens with zero attached hydrogens (tertiary/aromatic N) is 2. The Balaban J connectivity index is 1.67. The molecule has 1 aromatic heterocycles.